The number of nitrogens with one attached hydrogen (secondary N) is 5. The number of benzene rings is 2. The molecule has 0 aliphatic heterocycles. The number of amides is 3. The Morgan fingerprint density at radius 3 is 2.57 bits per heavy atom. The number of aromatic nitrogens is 5. The van der Waals surface area contributed by atoms with Crippen molar-refractivity contribution in [1.29, 1.82) is 0 Å². The molecule has 5 rings (SSSR count). The van der Waals surface area contributed by atoms with Gasteiger partial charge in [-0.15, -0.1) is 5.10 Å². The van der Waals surface area contributed by atoms with E-state index >= 15 is 0 Å². The van der Waals surface area contributed by atoms with Gasteiger partial charge >= 0.3 is 6.09 Å². The Morgan fingerprint density at radius 1 is 1.13 bits per heavy atom. The molecular formula is C33H40ClIN8O4. The molecule has 3 amide bonds. The van der Waals surface area contributed by atoms with E-state index in [2.05, 4.69) is 64.1 Å². The van der Waals surface area contributed by atoms with E-state index in [9.17, 15) is 14.4 Å². The molecule has 0 bridgehead atoms. The number of alkyl carbamates (subject to hydrolysis) is 1. The summed E-state index contributed by atoms with van der Waals surface area (Å²) in [5, 5.41) is 24.8. The van der Waals surface area contributed by atoms with Crippen molar-refractivity contribution in [2.75, 3.05) is 0 Å². The zero-order chi connectivity index (χ0) is 33.7. The average molecular weight is 775 g/mol. The summed E-state index contributed by atoms with van der Waals surface area (Å²) in [6, 6.07) is 11.6. The van der Waals surface area contributed by atoms with Gasteiger partial charge in [0.1, 0.15) is 18.2 Å². The number of carbonyl (C=O) groups is 3. The van der Waals surface area contributed by atoms with Gasteiger partial charge in [-0.25, -0.2) is 9.89 Å². The predicted octanol–water partition coefficient (Wildman–Crippen LogP) is 5.53. The Kier molecular flexibility index (Phi) is 11.1. The third-order valence-corrected chi connectivity index (χ3v) is 9.85. The highest BCUT2D eigenvalue weighted by molar-refractivity contribution is 14.1. The second-order valence-electron chi connectivity index (χ2n) is 12.7. The minimum Gasteiger partial charge on any atom is -0.445 e. The smallest absolute Gasteiger partial charge is 0.408 e. The van der Waals surface area contributed by atoms with Crippen molar-refractivity contribution < 1.29 is 19.1 Å². The molecule has 0 spiro atoms. The minimum absolute atomic E-state index is 0.0618. The van der Waals surface area contributed by atoms with Crippen LogP contribution in [0.15, 0.2) is 42.5 Å². The third-order valence-electron chi connectivity index (χ3n) is 8.78. The molecule has 1 aliphatic rings. The topological polar surface area (TPSA) is 167 Å². The van der Waals surface area contributed by atoms with E-state index in [0.717, 1.165) is 31.3 Å². The van der Waals surface area contributed by atoms with Crippen LogP contribution in [-0.4, -0.2) is 55.1 Å². The first-order valence-electron chi connectivity index (χ1n) is 15.8. The van der Waals surface area contributed by atoms with Gasteiger partial charge in [0, 0.05) is 26.1 Å². The van der Waals surface area contributed by atoms with E-state index in [0.29, 0.717) is 36.5 Å². The molecule has 0 fully saturated rings. The zero-order valence-corrected chi connectivity index (χ0v) is 29.7. The van der Waals surface area contributed by atoms with E-state index in [1.165, 1.54) is 0 Å². The van der Waals surface area contributed by atoms with Crippen LogP contribution in [0.5, 0.6) is 0 Å². The summed E-state index contributed by atoms with van der Waals surface area (Å²) in [6.07, 6.45) is 1.51. The number of nitrogens with zero attached hydrogens (tertiary/aromatic N) is 3. The number of H-pyrrole nitrogens is 2. The monoisotopic (exact) mass is 774 g/mol. The lowest BCUT2D eigenvalue weighted by Gasteiger charge is -2.39. The maximum absolute atomic E-state index is 14.5. The Morgan fingerprint density at radius 2 is 1.89 bits per heavy atom. The van der Waals surface area contributed by atoms with Crippen molar-refractivity contribution in [2.24, 2.45) is 11.8 Å². The summed E-state index contributed by atoms with van der Waals surface area (Å²) in [4.78, 5) is 45.2. The molecule has 47 heavy (non-hydrogen) atoms. The van der Waals surface area contributed by atoms with Gasteiger partial charge in [-0.3, -0.25) is 9.59 Å². The van der Waals surface area contributed by atoms with Gasteiger partial charge < -0.3 is 25.7 Å². The second-order valence-corrected chi connectivity index (χ2v) is 14.3. The summed E-state index contributed by atoms with van der Waals surface area (Å²) in [5.41, 5.74) is 2.33. The Labute approximate surface area is 292 Å². The highest BCUT2D eigenvalue weighted by Crippen LogP contribution is 2.38. The van der Waals surface area contributed by atoms with Gasteiger partial charge in [-0.1, -0.05) is 76.0 Å². The first-order valence-corrected chi connectivity index (χ1v) is 17.3. The lowest BCUT2D eigenvalue weighted by molar-refractivity contribution is -0.136. The van der Waals surface area contributed by atoms with Crippen molar-refractivity contribution in [2.45, 2.75) is 84.0 Å². The molecule has 2 heterocycles. The number of fused-ring (bicyclic) bond motifs is 3. The summed E-state index contributed by atoms with van der Waals surface area (Å²) < 4.78 is 6.42. The Hall–Kier alpha value is -3.72. The highest BCUT2D eigenvalue weighted by atomic mass is 127. The number of halogens is 2. The SMILES string of the molecule is CCC(C)[C@H](NC(=O)OCc1ccccc1)C(=O)N[C@]1(C(=O)N[C@@H](CC(C)C)c2nnn[nH]2)CCc2[nH]c3c(I)cc(Cl)cc3c2C1. The third kappa shape index (κ3) is 8.06. The Bertz CT molecular complexity index is 1710. The van der Waals surface area contributed by atoms with Crippen LogP contribution in [0.1, 0.15) is 75.6 Å². The van der Waals surface area contributed by atoms with Crippen molar-refractivity contribution in [3.05, 3.63) is 73.7 Å². The quantitative estimate of drug-likeness (QED) is 0.118. The molecule has 1 unspecified atom stereocenters. The van der Waals surface area contributed by atoms with Crippen LogP contribution in [0.25, 0.3) is 10.9 Å². The van der Waals surface area contributed by atoms with Crippen LogP contribution in [0, 0.1) is 15.4 Å². The maximum atomic E-state index is 14.5. The molecule has 250 valence electrons. The van der Waals surface area contributed by atoms with Gasteiger partial charge in [0.2, 0.25) is 11.8 Å². The number of rotatable bonds is 12. The summed E-state index contributed by atoms with van der Waals surface area (Å²) >= 11 is 8.72. The van der Waals surface area contributed by atoms with Crippen LogP contribution >= 0.6 is 34.2 Å². The fourth-order valence-corrected chi connectivity index (χ4v) is 7.22. The van der Waals surface area contributed by atoms with Crippen molar-refractivity contribution in [3.63, 3.8) is 0 Å². The van der Waals surface area contributed by atoms with Crippen molar-refractivity contribution in [3.8, 4) is 0 Å². The summed E-state index contributed by atoms with van der Waals surface area (Å²) in [7, 11) is 0. The second kappa shape index (κ2) is 15.0. The van der Waals surface area contributed by atoms with E-state index in [4.69, 9.17) is 16.3 Å². The number of carbonyl (C=O) groups excluding carboxylic acids is 3. The number of hydrogen-bond acceptors (Lipinski definition) is 7. The number of ether oxygens (including phenoxy) is 1. The van der Waals surface area contributed by atoms with E-state index in [1.54, 1.807) is 0 Å². The largest absolute Gasteiger partial charge is 0.445 e. The molecule has 5 N–H and O–H groups in total. The highest BCUT2D eigenvalue weighted by Gasteiger charge is 2.46. The number of tetrazole rings is 1. The van der Waals surface area contributed by atoms with E-state index in [1.807, 2.05) is 70.2 Å². The molecule has 2 aromatic heterocycles. The molecule has 0 saturated heterocycles. The van der Waals surface area contributed by atoms with Crippen LogP contribution in [0.3, 0.4) is 0 Å². The molecule has 12 nitrogen and oxygen atoms in total. The van der Waals surface area contributed by atoms with E-state index < -0.39 is 29.6 Å². The molecule has 0 saturated carbocycles. The maximum Gasteiger partial charge on any atom is 0.408 e. The molecule has 4 atom stereocenters. The summed E-state index contributed by atoms with van der Waals surface area (Å²) in [5.74, 6) is -0.435. The van der Waals surface area contributed by atoms with Crippen molar-refractivity contribution in [1.82, 2.24) is 41.6 Å². The molecule has 14 heteroatoms. The van der Waals surface area contributed by atoms with Crippen molar-refractivity contribution >= 4 is 63.0 Å². The van der Waals surface area contributed by atoms with E-state index in [-0.39, 0.29) is 30.8 Å². The van der Waals surface area contributed by atoms with Crippen LogP contribution in [-0.2, 0) is 33.8 Å². The first-order chi connectivity index (χ1) is 22.5. The fraction of sp³-hybridized carbons (Fsp3) is 0.455. The van der Waals surface area contributed by atoms with Gasteiger partial charge in [0.05, 0.1) is 11.6 Å². The lowest BCUT2D eigenvalue weighted by Crippen LogP contribution is -2.65. The van der Waals surface area contributed by atoms with Crippen LogP contribution < -0.4 is 16.0 Å². The number of aromatic amines is 2. The Balaban J connectivity index is 1.46. The summed E-state index contributed by atoms with van der Waals surface area (Å²) in [6.45, 7) is 7.98. The predicted molar refractivity (Wildman–Crippen MR) is 186 cm³/mol. The average Bonchev–Trinajstić information content (AvgIpc) is 3.71. The lowest BCUT2D eigenvalue weighted by atomic mass is 9.78. The van der Waals surface area contributed by atoms with Gasteiger partial charge in [0.25, 0.3) is 0 Å². The van der Waals surface area contributed by atoms with Gasteiger partial charge in [0.15, 0.2) is 5.82 Å². The first kappa shape index (κ1) is 34.6. The molecule has 0 radical (unpaired) electrons. The zero-order valence-electron chi connectivity index (χ0n) is 26.8. The van der Waals surface area contributed by atoms with Crippen LogP contribution in [0.4, 0.5) is 4.79 Å². The normalized spacial score (nSPS) is 17.9. The number of hydrogen-bond donors (Lipinski definition) is 5. The number of aryl methyl sites for hydroxylation is 1. The fourth-order valence-electron chi connectivity index (χ4n) is 6.06. The van der Waals surface area contributed by atoms with Gasteiger partial charge in [-0.05, 0) is 87.4 Å². The minimum atomic E-state index is -1.35. The van der Waals surface area contributed by atoms with Crippen LogP contribution in [0.2, 0.25) is 5.02 Å². The van der Waals surface area contributed by atoms with Gasteiger partial charge in [-0.2, -0.15) is 0 Å². The molecule has 2 aromatic carbocycles. The molecular weight excluding hydrogens is 735 g/mol. The molecule has 4 aromatic rings. The standard InChI is InChI=1S/C33H40ClIN8O4/c1-5-19(4)27(38-32(46)47-17-20-9-7-6-8-10-20)30(44)39-33(31(45)37-26(13-18(2)3)29-40-42-43-41-29)12-11-25-23(16-33)22-14-21(34)15-24(35)28(22)36-25/h6-10,14-15,18-19,26-27,36H,5,11-13,16-17H2,1-4H3,(H,37,45)(H,38,46)(H,39,44)(H,40,41,42,43)/t19?,26-,27-,33+/m0/s1. The molecule has 1 aliphatic carbocycles.